The van der Waals surface area contributed by atoms with E-state index in [1.807, 2.05) is 26.0 Å². The highest BCUT2D eigenvalue weighted by molar-refractivity contribution is 5.85. The molecule has 2 N–H and O–H groups in total. The SMILES string of the molecule is C/C(N=Cc1ccccc1O)=C(/C)N=Cc1ccccc1O. The first-order valence-corrected chi connectivity index (χ1v) is 6.89. The highest BCUT2D eigenvalue weighted by atomic mass is 16.3. The fourth-order valence-electron chi connectivity index (χ4n) is 1.71. The Labute approximate surface area is 129 Å². The molecule has 4 heteroatoms. The molecule has 112 valence electrons. The lowest BCUT2D eigenvalue weighted by molar-refractivity contribution is 0.474. The summed E-state index contributed by atoms with van der Waals surface area (Å²) < 4.78 is 0. The summed E-state index contributed by atoms with van der Waals surface area (Å²) in [4.78, 5) is 8.62. The predicted molar refractivity (Wildman–Crippen MR) is 89.8 cm³/mol. The summed E-state index contributed by atoms with van der Waals surface area (Å²) in [6.07, 6.45) is 3.20. The lowest BCUT2D eigenvalue weighted by Crippen LogP contribution is -1.86. The van der Waals surface area contributed by atoms with Gasteiger partial charge in [0.25, 0.3) is 0 Å². The van der Waals surface area contributed by atoms with Gasteiger partial charge in [-0.25, -0.2) is 0 Å². The van der Waals surface area contributed by atoms with Gasteiger partial charge in [0, 0.05) is 23.6 Å². The number of aromatic hydroxyl groups is 2. The van der Waals surface area contributed by atoms with Crippen LogP contribution in [0.1, 0.15) is 25.0 Å². The zero-order chi connectivity index (χ0) is 15.9. The molecule has 0 aliphatic carbocycles. The van der Waals surface area contributed by atoms with Crippen molar-refractivity contribution in [2.24, 2.45) is 9.98 Å². The van der Waals surface area contributed by atoms with E-state index in [0.29, 0.717) is 11.1 Å². The van der Waals surface area contributed by atoms with Crippen LogP contribution in [0.25, 0.3) is 0 Å². The van der Waals surface area contributed by atoms with Gasteiger partial charge in [0.2, 0.25) is 0 Å². The maximum atomic E-state index is 9.68. The van der Waals surface area contributed by atoms with Crippen LogP contribution >= 0.6 is 0 Å². The molecule has 0 heterocycles. The summed E-state index contributed by atoms with van der Waals surface area (Å²) >= 11 is 0. The number of hydrogen-bond donors (Lipinski definition) is 2. The van der Waals surface area contributed by atoms with Crippen molar-refractivity contribution in [2.45, 2.75) is 13.8 Å². The molecule has 22 heavy (non-hydrogen) atoms. The van der Waals surface area contributed by atoms with Crippen molar-refractivity contribution in [3.63, 3.8) is 0 Å². The van der Waals surface area contributed by atoms with Crippen molar-refractivity contribution in [3.05, 3.63) is 71.1 Å². The number of hydrogen-bond acceptors (Lipinski definition) is 4. The van der Waals surface area contributed by atoms with E-state index in [1.165, 1.54) is 0 Å². The van der Waals surface area contributed by atoms with Crippen molar-refractivity contribution in [3.8, 4) is 11.5 Å². The van der Waals surface area contributed by atoms with Gasteiger partial charge < -0.3 is 10.2 Å². The largest absolute Gasteiger partial charge is 0.507 e. The molecule has 0 radical (unpaired) electrons. The zero-order valence-electron chi connectivity index (χ0n) is 12.6. The van der Waals surface area contributed by atoms with Gasteiger partial charge in [0.05, 0.1) is 11.4 Å². The normalized spacial score (nSPS) is 12.8. The predicted octanol–water partition coefficient (Wildman–Crippen LogP) is 3.89. The number of rotatable bonds is 4. The van der Waals surface area contributed by atoms with Crippen molar-refractivity contribution in [1.29, 1.82) is 0 Å². The fourth-order valence-corrected chi connectivity index (χ4v) is 1.71. The number of phenols is 2. The van der Waals surface area contributed by atoms with Crippen LogP contribution in [0, 0.1) is 0 Å². The Balaban J connectivity index is 2.16. The van der Waals surface area contributed by atoms with Gasteiger partial charge >= 0.3 is 0 Å². The second-order valence-corrected chi connectivity index (χ2v) is 4.80. The minimum Gasteiger partial charge on any atom is -0.507 e. The highest BCUT2D eigenvalue weighted by Gasteiger charge is 1.98. The minimum absolute atomic E-state index is 0.189. The van der Waals surface area contributed by atoms with Crippen molar-refractivity contribution in [2.75, 3.05) is 0 Å². The monoisotopic (exact) mass is 294 g/mol. The molecule has 0 aromatic heterocycles. The molecule has 4 nitrogen and oxygen atoms in total. The summed E-state index contributed by atoms with van der Waals surface area (Å²) in [5.41, 5.74) is 2.77. The molecule has 0 aliphatic rings. The van der Waals surface area contributed by atoms with Gasteiger partial charge in [-0.15, -0.1) is 0 Å². The summed E-state index contributed by atoms with van der Waals surface area (Å²) in [6, 6.07) is 14.0. The summed E-state index contributed by atoms with van der Waals surface area (Å²) in [7, 11) is 0. The third-order valence-electron chi connectivity index (χ3n) is 3.19. The van der Waals surface area contributed by atoms with Crippen LogP contribution in [0.4, 0.5) is 0 Å². The minimum atomic E-state index is 0.189. The Kier molecular flexibility index (Phi) is 5.09. The quantitative estimate of drug-likeness (QED) is 0.840. The average Bonchev–Trinajstić information content (AvgIpc) is 2.52. The summed E-state index contributed by atoms with van der Waals surface area (Å²) in [6.45, 7) is 3.68. The molecule has 0 aliphatic heterocycles. The Morgan fingerprint density at radius 2 is 1.09 bits per heavy atom. The lowest BCUT2D eigenvalue weighted by Gasteiger charge is -2.00. The van der Waals surface area contributed by atoms with Crippen LogP contribution < -0.4 is 0 Å². The molecular weight excluding hydrogens is 276 g/mol. The van der Waals surface area contributed by atoms with E-state index in [0.717, 1.165) is 11.4 Å². The number of para-hydroxylation sites is 2. The molecule has 2 rings (SSSR count). The maximum Gasteiger partial charge on any atom is 0.124 e. The van der Waals surface area contributed by atoms with Crippen LogP contribution in [-0.4, -0.2) is 22.6 Å². The van der Waals surface area contributed by atoms with Crippen molar-refractivity contribution in [1.82, 2.24) is 0 Å². The van der Waals surface area contributed by atoms with E-state index in [4.69, 9.17) is 0 Å². The highest BCUT2D eigenvalue weighted by Crippen LogP contribution is 2.16. The zero-order valence-corrected chi connectivity index (χ0v) is 12.6. The molecule has 0 fully saturated rings. The van der Waals surface area contributed by atoms with Gasteiger partial charge in [-0.3, -0.25) is 9.98 Å². The van der Waals surface area contributed by atoms with Crippen molar-refractivity contribution >= 4 is 12.4 Å². The van der Waals surface area contributed by atoms with E-state index < -0.39 is 0 Å². The number of allylic oxidation sites excluding steroid dienone is 2. The van der Waals surface area contributed by atoms with Gasteiger partial charge in [-0.05, 0) is 38.1 Å². The maximum absolute atomic E-state index is 9.68. The van der Waals surface area contributed by atoms with E-state index in [1.54, 1.807) is 48.8 Å². The third kappa shape index (κ3) is 4.06. The topological polar surface area (TPSA) is 65.2 Å². The smallest absolute Gasteiger partial charge is 0.124 e. The summed E-state index contributed by atoms with van der Waals surface area (Å²) in [5, 5.41) is 19.4. The molecule has 0 saturated heterocycles. The molecule has 0 saturated carbocycles. The second kappa shape index (κ2) is 7.22. The molecule has 0 amide bonds. The van der Waals surface area contributed by atoms with Crippen LogP contribution in [0.15, 0.2) is 69.9 Å². The lowest BCUT2D eigenvalue weighted by atomic mass is 10.2. The molecule has 2 aromatic rings. The first-order valence-electron chi connectivity index (χ1n) is 6.89. The molecule has 0 spiro atoms. The van der Waals surface area contributed by atoms with Crippen LogP contribution in [-0.2, 0) is 0 Å². The van der Waals surface area contributed by atoms with Crippen LogP contribution in [0.2, 0.25) is 0 Å². The van der Waals surface area contributed by atoms with Gasteiger partial charge in [-0.2, -0.15) is 0 Å². The Hall–Kier alpha value is -2.88. The fraction of sp³-hybridized carbons (Fsp3) is 0.111. The first-order chi connectivity index (χ1) is 10.6. The van der Waals surface area contributed by atoms with E-state index in [2.05, 4.69) is 9.98 Å². The van der Waals surface area contributed by atoms with Crippen LogP contribution in [0.3, 0.4) is 0 Å². The molecule has 0 unspecified atom stereocenters. The number of aliphatic imine (C=N–C) groups is 2. The first kappa shape index (κ1) is 15.5. The summed E-state index contributed by atoms with van der Waals surface area (Å²) in [5.74, 6) is 0.379. The Morgan fingerprint density at radius 3 is 1.45 bits per heavy atom. The average molecular weight is 294 g/mol. The van der Waals surface area contributed by atoms with Crippen LogP contribution in [0.5, 0.6) is 11.5 Å². The number of benzene rings is 2. The standard InChI is InChI=1S/C18H18N2O2/c1-13(19-11-15-7-3-5-9-17(15)21)14(2)20-12-16-8-4-6-10-18(16)22/h3-12,21-22H,1-2H3/b14-13+,19-11?,20-12?. The van der Waals surface area contributed by atoms with Crippen molar-refractivity contribution < 1.29 is 10.2 Å². The van der Waals surface area contributed by atoms with Gasteiger partial charge in [0.15, 0.2) is 0 Å². The number of nitrogens with zero attached hydrogens (tertiary/aromatic N) is 2. The third-order valence-corrected chi connectivity index (χ3v) is 3.19. The Morgan fingerprint density at radius 1 is 0.727 bits per heavy atom. The molecule has 0 atom stereocenters. The number of phenolic OH excluding ortho intramolecular Hbond substituents is 2. The van der Waals surface area contributed by atoms with E-state index >= 15 is 0 Å². The Bertz CT molecular complexity index is 683. The van der Waals surface area contributed by atoms with E-state index in [9.17, 15) is 10.2 Å². The van der Waals surface area contributed by atoms with Gasteiger partial charge in [0.1, 0.15) is 11.5 Å². The van der Waals surface area contributed by atoms with E-state index in [-0.39, 0.29) is 11.5 Å². The second-order valence-electron chi connectivity index (χ2n) is 4.80. The molecular formula is C18H18N2O2. The molecule has 0 bridgehead atoms. The molecule has 2 aromatic carbocycles. The van der Waals surface area contributed by atoms with Gasteiger partial charge in [-0.1, -0.05) is 24.3 Å².